The summed E-state index contributed by atoms with van der Waals surface area (Å²) in [4.78, 5) is 0. The highest BCUT2D eigenvalue weighted by atomic mass is 28.4. The highest BCUT2D eigenvalue weighted by Gasteiger charge is 2.44. The fraction of sp³-hybridized carbons (Fsp3) is 0.769. The lowest BCUT2D eigenvalue weighted by Gasteiger charge is -2.52. The Bertz CT molecular complexity index is 389. The van der Waals surface area contributed by atoms with Crippen molar-refractivity contribution in [3.05, 3.63) is 12.3 Å². The molecule has 2 rings (SSSR count). The second kappa shape index (κ2) is 4.92. The number of nitrogens with zero attached hydrogens (tertiary/aromatic N) is 2. The number of nitrogens with one attached hydrogen (secondary N) is 2. The molecule has 0 amide bonds. The van der Waals surface area contributed by atoms with Crippen molar-refractivity contribution in [1.82, 2.24) is 15.3 Å². The lowest BCUT2D eigenvalue weighted by Crippen LogP contribution is -2.64. The second-order valence-electron chi connectivity index (χ2n) is 6.76. The van der Waals surface area contributed by atoms with E-state index in [0.717, 1.165) is 13.0 Å². The lowest BCUT2D eigenvalue weighted by atomic mass is 10.2. The van der Waals surface area contributed by atoms with Gasteiger partial charge in [-0.25, -0.2) is 0 Å². The van der Waals surface area contributed by atoms with Gasteiger partial charge in [-0.1, -0.05) is 20.8 Å². The molecule has 0 aromatic carbocycles. The van der Waals surface area contributed by atoms with E-state index in [2.05, 4.69) is 44.2 Å². The maximum atomic E-state index is 7.97. The molecular formula is C13H26N4OSi. The normalized spacial score (nSPS) is 25.2. The molecule has 0 saturated carbocycles. The molecule has 0 spiro atoms. The SMILES string of the molecule is CC(C)(C)[Si](C)(C)OC1CCN1N1CNC=CC1=N. The van der Waals surface area contributed by atoms with Gasteiger partial charge in [0.25, 0.3) is 0 Å². The highest BCUT2D eigenvalue weighted by Crippen LogP contribution is 2.39. The fourth-order valence-electron chi connectivity index (χ4n) is 1.94. The van der Waals surface area contributed by atoms with Gasteiger partial charge in [0.05, 0.1) is 0 Å². The Hall–Kier alpha value is -0.853. The van der Waals surface area contributed by atoms with Crippen LogP contribution in [0.15, 0.2) is 12.3 Å². The van der Waals surface area contributed by atoms with E-state index >= 15 is 0 Å². The molecular weight excluding hydrogens is 256 g/mol. The minimum atomic E-state index is -1.74. The van der Waals surface area contributed by atoms with Gasteiger partial charge in [0.15, 0.2) is 8.32 Å². The molecule has 2 N–H and O–H groups in total. The Morgan fingerprint density at radius 3 is 2.58 bits per heavy atom. The number of hydrazine groups is 1. The van der Waals surface area contributed by atoms with E-state index in [4.69, 9.17) is 9.84 Å². The van der Waals surface area contributed by atoms with E-state index in [1.165, 1.54) is 0 Å². The van der Waals surface area contributed by atoms with Crippen LogP contribution in [0.5, 0.6) is 0 Å². The number of rotatable bonds is 3. The molecule has 19 heavy (non-hydrogen) atoms. The van der Waals surface area contributed by atoms with Crippen molar-refractivity contribution >= 4 is 14.2 Å². The minimum absolute atomic E-state index is 0.134. The number of hydrogen-bond donors (Lipinski definition) is 2. The van der Waals surface area contributed by atoms with Crippen LogP contribution in [-0.2, 0) is 4.43 Å². The minimum Gasteiger partial charge on any atom is -0.400 e. The molecule has 0 aromatic heterocycles. The van der Waals surface area contributed by atoms with Gasteiger partial charge in [0.2, 0.25) is 0 Å². The van der Waals surface area contributed by atoms with Gasteiger partial charge in [-0.15, -0.1) is 0 Å². The predicted molar refractivity (Wildman–Crippen MR) is 80.1 cm³/mol. The first-order chi connectivity index (χ1) is 8.72. The zero-order chi connectivity index (χ0) is 14.3. The molecule has 1 fully saturated rings. The first kappa shape index (κ1) is 14.6. The maximum Gasteiger partial charge on any atom is 0.194 e. The molecule has 2 heterocycles. The molecule has 5 nitrogen and oxygen atoms in total. The van der Waals surface area contributed by atoms with Crippen LogP contribution >= 0.6 is 0 Å². The van der Waals surface area contributed by atoms with Gasteiger partial charge in [0, 0.05) is 19.2 Å². The zero-order valence-corrected chi connectivity index (χ0v) is 13.7. The average molecular weight is 282 g/mol. The van der Waals surface area contributed by atoms with Crippen LogP contribution in [0.4, 0.5) is 0 Å². The summed E-state index contributed by atoms with van der Waals surface area (Å²) in [6, 6.07) is 0. The first-order valence-corrected chi connectivity index (χ1v) is 9.83. The maximum absolute atomic E-state index is 7.97. The smallest absolute Gasteiger partial charge is 0.194 e. The molecule has 1 unspecified atom stereocenters. The Morgan fingerprint density at radius 2 is 2.11 bits per heavy atom. The Kier molecular flexibility index (Phi) is 3.77. The largest absolute Gasteiger partial charge is 0.400 e. The summed E-state index contributed by atoms with van der Waals surface area (Å²) in [5, 5.41) is 15.5. The van der Waals surface area contributed by atoms with Gasteiger partial charge >= 0.3 is 0 Å². The molecule has 0 aliphatic carbocycles. The highest BCUT2D eigenvalue weighted by molar-refractivity contribution is 6.74. The lowest BCUT2D eigenvalue weighted by molar-refractivity contribution is -0.163. The van der Waals surface area contributed by atoms with Gasteiger partial charge in [-0.05, 0) is 24.2 Å². The topological polar surface area (TPSA) is 51.6 Å². The molecule has 108 valence electrons. The van der Waals surface area contributed by atoms with Crippen molar-refractivity contribution in [3.63, 3.8) is 0 Å². The third kappa shape index (κ3) is 2.85. The van der Waals surface area contributed by atoms with E-state index in [1.807, 2.05) is 11.2 Å². The second-order valence-corrected chi connectivity index (χ2v) is 11.5. The zero-order valence-electron chi connectivity index (χ0n) is 12.7. The quantitative estimate of drug-likeness (QED) is 0.780. The van der Waals surface area contributed by atoms with Crippen LogP contribution in [0.2, 0.25) is 18.1 Å². The molecule has 1 saturated heterocycles. The van der Waals surface area contributed by atoms with Gasteiger partial charge in [-0.2, -0.15) is 5.01 Å². The average Bonchev–Trinajstić information content (AvgIpc) is 2.26. The molecule has 0 bridgehead atoms. The molecule has 2 aliphatic heterocycles. The van der Waals surface area contributed by atoms with Crippen molar-refractivity contribution < 1.29 is 4.43 Å². The standard InChI is InChI=1S/C13H26N4OSi/c1-13(2,3)19(4,5)18-12-7-9-16(12)17-10-15-8-6-11(17)14/h6,8,12,14-15H,7,9-10H2,1-5H3. The summed E-state index contributed by atoms with van der Waals surface area (Å²) in [5.41, 5.74) is 0. The van der Waals surface area contributed by atoms with Crippen LogP contribution in [0, 0.1) is 5.41 Å². The van der Waals surface area contributed by atoms with Crippen LogP contribution in [0.1, 0.15) is 27.2 Å². The van der Waals surface area contributed by atoms with Crippen LogP contribution < -0.4 is 5.32 Å². The molecule has 0 aromatic rings. The molecule has 1 atom stereocenters. The summed E-state index contributed by atoms with van der Waals surface area (Å²) >= 11 is 0. The van der Waals surface area contributed by atoms with Crippen molar-refractivity contribution in [3.8, 4) is 0 Å². The van der Waals surface area contributed by atoms with Crippen molar-refractivity contribution in [2.75, 3.05) is 13.2 Å². The Balaban J connectivity index is 2.00. The Labute approximate surface area is 117 Å². The van der Waals surface area contributed by atoms with Crippen molar-refractivity contribution in [2.45, 2.75) is 51.6 Å². The van der Waals surface area contributed by atoms with Crippen molar-refractivity contribution in [1.29, 1.82) is 5.41 Å². The number of hydrogen-bond acceptors (Lipinski definition) is 4. The molecule has 2 aliphatic rings. The van der Waals surface area contributed by atoms with Gasteiger partial charge in [-0.3, -0.25) is 10.4 Å². The molecule has 6 heteroatoms. The Morgan fingerprint density at radius 1 is 1.42 bits per heavy atom. The summed E-state index contributed by atoms with van der Waals surface area (Å²) < 4.78 is 6.43. The van der Waals surface area contributed by atoms with E-state index in [9.17, 15) is 0 Å². The molecule has 0 radical (unpaired) electrons. The third-order valence-electron chi connectivity index (χ3n) is 4.36. The van der Waals surface area contributed by atoms with E-state index in [0.29, 0.717) is 12.5 Å². The van der Waals surface area contributed by atoms with Crippen LogP contribution in [-0.4, -0.2) is 43.6 Å². The van der Waals surface area contributed by atoms with E-state index in [1.54, 1.807) is 6.08 Å². The van der Waals surface area contributed by atoms with Crippen molar-refractivity contribution in [2.24, 2.45) is 0 Å². The first-order valence-electron chi connectivity index (χ1n) is 6.93. The third-order valence-corrected chi connectivity index (χ3v) is 8.84. The van der Waals surface area contributed by atoms with E-state index in [-0.39, 0.29) is 11.3 Å². The van der Waals surface area contributed by atoms with Gasteiger partial charge in [0.1, 0.15) is 18.7 Å². The van der Waals surface area contributed by atoms with Crippen LogP contribution in [0.25, 0.3) is 0 Å². The summed E-state index contributed by atoms with van der Waals surface area (Å²) in [6.45, 7) is 13.0. The van der Waals surface area contributed by atoms with Gasteiger partial charge < -0.3 is 9.74 Å². The summed E-state index contributed by atoms with van der Waals surface area (Å²) in [6.07, 6.45) is 4.79. The van der Waals surface area contributed by atoms with E-state index < -0.39 is 8.32 Å². The summed E-state index contributed by atoms with van der Waals surface area (Å²) in [5.74, 6) is 0.530. The monoisotopic (exact) mass is 282 g/mol. The summed E-state index contributed by atoms with van der Waals surface area (Å²) in [7, 11) is -1.74. The fourth-order valence-corrected chi connectivity index (χ4v) is 3.21. The number of amidine groups is 1. The predicted octanol–water partition coefficient (Wildman–Crippen LogP) is 2.31. The van der Waals surface area contributed by atoms with Crippen LogP contribution in [0.3, 0.4) is 0 Å².